The van der Waals surface area contributed by atoms with Gasteiger partial charge in [-0.05, 0) is 32.6 Å². The van der Waals surface area contributed by atoms with Crippen LogP contribution in [-0.4, -0.2) is 46.1 Å². The van der Waals surface area contributed by atoms with Gasteiger partial charge in [-0.1, -0.05) is 11.6 Å². The van der Waals surface area contributed by atoms with Crippen molar-refractivity contribution in [3.8, 4) is 5.88 Å². The molecule has 0 unspecified atom stereocenters. The Kier molecular flexibility index (Phi) is 3.77. The number of fused-ring (bicyclic) bond motifs is 2. The molecule has 1 aliphatic carbocycles. The van der Waals surface area contributed by atoms with Crippen LogP contribution < -0.4 is 4.74 Å². The Morgan fingerprint density at radius 2 is 1.83 bits per heavy atom. The second kappa shape index (κ2) is 5.57. The van der Waals surface area contributed by atoms with Gasteiger partial charge in [-0.3, -0.25) is 0 Å². The first-order chi connectivity index (χ1) is 11.0. The fourth-order valence-electron chi connectivity index (χ4n) is 3.82. The van der Waals surface area contributed by atoms with E-state index in [2.05, 4.69) is 9.97 Å². The van der Waals surface area contributed by atoms with E-state index in [4.69, 9.17) is 16.3 Å². The molecule has 2 bridgehead atoms. The Morgan fingerprint density at radius 1 is 1.17 bits per heavy atom. The number of hydrogen-bond acceptors (Lipinski definition) is 5. The smallest absolute Gasteiger partial charge is 0.221 e. The number of ether oxygens (including phenoxy) is 1. The van der Waals surface area contributed by atoms with Crippen molar-refractivity contribution in [2.75, 3.05) is 0 Å². The third-order valence-electron chi connectivity index (χ3n) is 5.12. The number of piperidine rings is 1. The van der Waals surface area contributed by atoms with Crippen LogP contribution in [0.25, 0.3) is 0 Å². The second-order valence-corrected chi connectivity index (χ2v) is 9.24. The first-order valence-electron chi connectivity index (χ1n) is 8.13. The zero-order chi connectivity index (χ0) is 16.2. The average molecular weight is 358 g/mol. The third-order valence-corrected chi connectivity index (χ3v) is 8.00. The maximum Gasteiger partial charge on any atom is 0.221 e. The van der Waals surface area contributed by atoms with Crippen LogP contribution in [0.2, 0.25) is 5.15 Å². The van der Waals surface area contributed by atoms with E-state index in [9.17, 15) is 8.42 Å². The summed E-state index contributed by atoms with van der Waals surface area (Å²) in [7, 11) is -3.10. The third kappa shape index (κ3) is 2.72. The summed E-state index contributed by atoms with van der Waals surface area (Å²) in [5.41, 5.74) is 0.731. The van der Waals surface area contributed by atoms with E-state index in [1.165, 1.54) is 6.33 Å². The van der Waals surface area contributed by atoms with Crippen molar-refractivity contribution in [1.29, 1.82) is 0 Å². The number of hydrogen-bond donors (Lipinski definition) is 0. The van der Waals surface area contributed by atoms with Crippen molar-refractivity contribution in [3.05, 3.63) is 17.0 Å². The quantitative estimate of drug-likeness (QED) is 0.773. The molecule has 2 saturated heterocycles. The molecule has 1 aromatic rings. The van der Waals surface area contributed by atoms with Crippen molar-refractivity contribution in [1.82, 2.24) is 14.3 Å². The van der Waals surface area contributed by atoms with Gasteiger partial charge in [0.2, 0.25) is 15.9 Å². The molecule has 3 aliphatic rings. The molecule has 2 atom stereocenters. The van der Waals surface area contributed by atoms with Crippen LogP contribution in [0.15, 0.2) is 6.33 Å². The highest BCUT2D eigenvalue weighted by Crippen LogP contribution is 2.43. The van der Waals surface area contributed by atoms with Crippen LogP contribution in [0.4, 0.5) is 0 Å². The number of halogens is 1. The van der Waals surface area contributed by atoms with Crippen LogP contribution in [0.5, 0.6) is 5.88 Å². The summed E-state index contributed by atoms with van der Waals surface area (Å²) < 4.78 is 33.1. The van der Waals surface area contributed by atoms with Gasteiger partial charge in [-0.2, -0.15) is 4.31 Å². The molecule has 2 aliphatic heterocycles. The predicted molar refractivity (Wildman–Crippen MR) is 86.0 cm³/mol. The molecule has 1 aromatic heterocycles. The van der Waals surface area contributed by atoms with E-state index in [-0.39, 0.29) is 23.4 Å². The number of aromatic nitrogens is 2. The Bertz CT molecular complexity index is 709. The van der Waals surface area contributed by atoms with Gasteiger partial charge in [-0.25, -0.2) is 18.4 Å². The van der Waals surface area contributed by atoms with Gasteiger partial charge in [0.25, 0.3) is 0 Å². The summed E-state index contributed by atoms with van der Waals surface area (Å²) in [6.45, 7) is 1.83. The van der Waals surface area contributed by atoms with Crippen LogP contribution in [0.3, 0.4) is 0 Å². The molecule has 3 fully saturated rings. The van der Waals surface area contributed by atoms with Gasteiger partial charge in [0.1, 0.15) is 17.6 Å². The Balaban J connectivity index is 1.50. The van der Waals surface area contributed by atoms with Crippen LogP contribution in [0.1, 0.15) is 44.1 Å². The number of sulfonamides is 1. The van der Waals surface area contributed by atoms with Gasteiger partial charge < -0.3 is 4.74 Å². The van der Waals surface area contributed by atoms with Crippen molar-refractivity contribution in [3.63, 3.8) is 0 Å². The summed E-state index contributed by atoms with van der Waals surface area (Å²) in [5.74, 6) is 0.507. The molecule has 6 nitrogen and oxygen atoms in total. The summed E-state index contributed by atoms with van der Waals surface area (Å²) in [4.78, 5) is 8.09. The molecule has 0 amide bonds. The summed E-state index contributed by atoms with van der Waals surface area (Å²) >= 11 is 6.01. The van der Waals surface area contributed by atoms with E-state index in [1.54, 1.807) is 4.31 Å². The van der Waals surface area contributed by atoms with E-state index in [0.29, 0.717) is 11.0 Å². The average Bonchev–Trinajstić information content (AvgIpc) is 3.31. The van der Waals surface area contributed by atoms with Crippen LogP contribution >= 0.6 is 11.6 Å². The van der Waals surface area contributed by atoms with E-state index < -0.39 is 10.0 Å². The highest BCUT2D eigenvalue weighted by Gasteiger charge is 2.52. The Hall–Kier alpha value is -0.920. The molecule has 3 heterocycles. The van der Waals surface area contributed by atoms with Crippen molar-refractivity contribution in [2.24, 2.45) is 0 Å². The fourth-order valence-corrected chi connectivity index (χ4v) is 6.24. The molecule has 1 saturated carbocycles. The molecule has 23 heavy (non-hydrogen) atoms. The molecule has 0 spiro atoms. The first kappa shape index (κ1) is 15.6. The van der Waals surface area contributed by atoms with Gasteiger partial charge in [0.15, 0.2) is 0 Å². The molecule has 4 rings (SSSR count). The zero-order valence-electron chi connectivity index (χ0n) is 13.0. The number of nitrogens with zero attached hydrogens (tertiary/aromatic N) is 3. The normalized spacial score (nSPS) is 31.3. The lowest BCUT2D eigenvalue weighted by Crippen LogP contribution is -2.50. The summed E-state index contributed by atoms with van der Waals surface area (Å²) in [6.07, 6.45) is 6.33. The lowest BCUT2D eigenvalue weighted by atomic mass is 10.0. The topological polar surface area (TPSA) is 72.4 Å². The Labute approximate surface area is 141 Å². The maximum absolute atomic E-state index is 12.6. The highest BCUT2D eigenvalue weighted by molar-refractivity contribution is 7.90. The van der Waals surface area contributed by atoms with Crippen molar-refractivity contribution in [2.45, 2.75) is 68.9 Å². The zero-order valence-corrected chi connectivity index (χ0v) is 14.6. The minimum absolute atomic E-state index is 0.0113. The second-order valence-electron chi connectivity index (χ2n) is 6.77. The van der Waals surface area contributed by atoms with Gasteiger partial charge >= 0.3 is 0 Å². The Morgan fingerprint density at radius 3 is 2.43 bits per heavy atom. The highest BCUT2D eigenvalue weighted by atomic mass is 35.5. The van der Waals surface area contributed by atoms with E-state index in [0.717, 1.165) is 44.1 Å². The fraction of sp³-hybridized carbons (Fsp3) is 0.733. The molecule has 0 aromatic carbocycles. The maximum atomic E-state index is 12.6. The SMILES string of the molecule is Cc1c(Cl)ncnc1OC1C[C@@H]2CC[C@@H](C1)N2S(=O)(=O)C1CC1. The van der Waals surface area contributed by atoms with E-state index in [1.807, 2.05) is 6.92 Å². The molecule has 8 heteroatoms. The first-order valence-corrected chi connectivity index (χ1v) is 10.0. The summed E-state index contributed by atoms with van der Waals surface area (Å²) in [6, 6.07) is 0.143. The predicted octanol–water partition coefficient (Wildman–Crippen LogP) is 2.30. The summed E-state index contributed by atoms with van der Waals surface area (Å²) in [5, 5.41) is 0.262. The van der Waals surface area contributed by atoms with Crippen molar-refractivity contribution >= 4 is 21.6 Å². The van der Waals surface area contributed by atoms with Gasteiger partial charge in [0, 0.05) is 30.5 Å². The largest absolute Gasteiger partial charge is 0.474 e. The van der Waals surface area contributed by atoms with Crippen LogP contribution in [-0.2, 0) is 10.0 Å². The van der Waals surface area contributed by atoms with Crippen LogP contribution in [0, 0.1) is 6.92 Å². The van der Waals surface area contributed by atoms with E-state index >= 15 is 0 Å². The minimum Gasteiger partial charge on any atom is -0.474 e. The molecular weight excluding hydrogens is 338 g/mol. The molecule has 0 radical (unpaired) electrons. The molecule has 0 N–H and O–H groups in total. The lowest BCUT2D eigenvalue weighted by Gasteiger charge is -2.37. The lowest BCUT2D eigenvalue weighted by molar-refractivity contribution is 0.0909. The van der Waals surface area contributed by atoms with Crippen molar-refractivity contribution < 1.29 is 13.2 Å². The molecular formula is C15H20ClN3O3S. The number of rotatable bonds is 4. The standard InChI is InChI=1S/C15H20ClN3O3S/c1-9-14(16)17-8-18-15(9)22-12-6-10-2-3-11(7-12)19(10)23(20,21)13-4-5-13/h8,10-13H,2-7H2,1H3/t10-,11-/m0/s1. The van der Waals surface area contributed by atoms with Gasteiger partial charge in [-0.15, -0.1) is 0 Å². The van der Waals surface area contributed by atoms with Gasteiger partial charge in [0.05, 0.1) is 5.25 Å². The minimum atomic E-state index is -3.10. The molecule has 126 valence electrons. The monoisotopic (exact) mass is 357 g/mol.